The molecule has 1 amide bonds. The van der Waals surface area contributed by atoms with Crippen molar-refractivity contribution in [3.05, 3.63) is 114 Å². The van der Waals surface area contributed by atoms with Crippen LogP contribution >= 0.6 is 0 Å². The zero-order valence-electron chi connectivity index (χ0n) is 26.2. The Morgan fingerprint density at radius 1 is 0.956 bits per heavy atom. The SMILES string of the molecule is C=C(C)n1c(=O)n(CCC(C2CCNCC2)N(C(=O)CC)c2ccc3cc(OCc4ccccc4)ccc3c2)c2ccccc21. The van der Waals surface area contributed by atoms with Crippen molar-refractivity contribution < 1.29 is 9.53 Å². The van der Waals surface area contributed by atoms with E-state index in [0.29, 0.717) is 37.6 Å². The summed E-state index contributed by atoms with van der Waals surface area (Å²) in [6.07, 6.45) is 3.04. The molecule has 45 heavy (non-hydrogen) atoms. The van der Waals surface area contributed by atoms with Gasteiger partial charge in [0.25, 0.3) is 0 Å². The van der Waals surface area contributed by atoms with Gasteiger partial charge in [-0.05, 0) is 97.9 Å². The molecule has 0 radical (unpaired) electrons. The summed E-state index contributed by atoms with van der Waals surface area (Å²) in [5.74, 6) is 1.22. The minimum absolute atomic E-state index is 0.0516. The van der Waals surface area contributed by atoms with Crippen LogP contribution in [-0.2, 0) is 17.9 Å². The molecule has 1 saturated heterocycles. The standard InChI is InChI=1S/C38H42N4O3/c1-4-37(43)42(32-16-14-31-25-33(17-15-30(31)24-32)45-26-28-10-6-5-7-11-28)34(29-18-21-39-22-19-29)20-23-40-35-12-8-9-13-36(35)41(27(2)3)38(40)44/h5-17,24-25,29,34,39H,2,4,18-23,26H2,1,3H3. The number of nitrogens with one attached hydrogen (secondary N) is 1. The molecule has 1 aliphatic rings. The number of amides is 1. The van der Waals surface area contributed by atoms with Crippen LogP contribution in [0.3, 0.4) is 0 Å². The van der Waals surface area contributed by atoms with E-state index in [1.807, 2.05) is 71.8 Å². The van der Waals surface area contributed by atoms with E-state index < -0.39 is 0 Å². The highest BCUT2D eigenvalue weighted by Crippen LogP contribution is 2.33. The van der Waals surface area contributed by atoms with Crippen LogP contribution in [0.2, 0.25) is 0 Å². The second-order valence-corrected chi connectivity index (χ2v) is 12.0. The van der Waals surface area contributed by atoms with Crippen LogP contribution in [0.4, 0.5) is 5.69 Å². The minimum atomic E-state index is -0.0860. The Kier molecular flexibility index (Phi) is 9.17. The summed E-state index contributed by atoms with van der Waals surface area (Å²) in [7, 11) is 0. The van der Waals surface area contributed by atoms with E-state index in [9.17, 15) is 9.59 Å². The summed E-state index contributed by atoms with van der Waals surface area (Å²) in [5, 5.41) is 5.60. The fourth-order valence-corrected chi connectivity index (χ4v) is 6.74. The number of ether oxygens (including phenoxy) is 1. The minimum Gasteiger partial charge on any atom is -0.489 e. The zero-order chi connectivity index (χ0) is 31.3. The monoisotopic (exact) mass is 602 g/mol. The molecule has 1 atom stereocenters. The fraction of sp³-hybridized carbons (Fsp3) is 0.316. The molecule has 0 bridgehead atoms. The highest BCUT2D eigenvalue weighted by Gasteiger charge is 2.33. The maximum atomic E-state index is 13.8. The number of carbonyl (C=O) groups excluding carboxylic acids is 1. The second-order valence-electron chi connectivity index (χ2n) is 12.0. The summed E-state index contributed by atoms with van der Waals surface area (Å²) >= 11 is 0. The molecule has 7 nitrogen and oxygen atoms in total. The van der Waals surface area contributed by atoms with Gasteiger partial charge in [0, 0.05) is 30.4 Å². The average Bonchev–Trinajstić information content (AvgIpc) is 3.36. The molecule has 0 spiro atoms. The molecule has 1 aliphatic heterocycles. The Bertz CT molecular complexity index is 1870. The number of fused-ring (bicyclic) bond motifs is 2. The first-order valence-electron chi connectivity index (χ1n) is 16.0. The van der Waals surface area contributed by atoms with Gasteiger partial charge in [0.2, 0.25) is 5.91 Å². The first kappa shape index (κ1) is 30.4. The van der Waals surface area contributed by atoms with Crippen LogP contribution in [0.1, 0.15) is 45.1 Å². The largest absolute Gasteiger partial charge is 0.489 e. The number of anilines is 1. The van der Waals surface area contributed by atoms with Gasteiger partial charge < -0.3 is 15.0 Å². The molecular weight excluding hydrogens is 560 g/mol. The molecule has 1 N–H and O–H groups in total. The van der Waals surface area contributed by atoms with Gasteiger partial charge in [-0.15, -0.1) is 0 Å². The summed E-state index contributed by atoms with van der Waals surface area (Å²) in [6.45, 7) is 10.7. The lowest BCUT2D eigenvalue weighted by Gasteiger charge is -2.39. The van der Waals surface area contributed by atoms with Crippen LogP contribution in [0, 0.1) is 5.92 Å². The van der Waals surface area contributed by atoms with Crippen molar-refractivity contribution in [2.24, 2.45) is 5.92 Å². The molecule has 1 aromatic heterocycles. The number of allylic oxidation sites excluding steroid dienone is 1. The number of hydrogen-bond acceptors (Lipinski definition) is 4. The van der Waals surface area contributed by atoms with E-state index in [4.69, 9.17) is 4.74 Å². The Morgan fingerprint density at radius 2 is 1.64 bits per heavy atom. The Hall–Kier alpha value is -4.62. The zero-order valence-corrected chi connectivity index (χ0v) is 26.2. The molecule has 1 fully saturated rings. The second kappa shape index (κ2) is 13.6. The highest BCUT2D eigenvalue weighted by molar-refractivity contribution is 5.97. The van der Waals surface area contributed by atoms with Gasteiger partial charge in [0.1, 0.15) is 12.4 Å². The van der Waals surface area contributed by atoms with E-state index in [-0.39, 0.29) is 17.6 Å². The molecule has 1 unspecified atom stereocenters. The van der Waals surface area contributed by atoms with E-state index in [1.165, 1.54) is 0 Å². The van der Waals surface area contributed by atoms with Crippen molar-refractivity contribution in [2.75, 3.05) is 18.0 Å². The number of aryl methyl sites for hydroxylation is 1. The van der Waals surface area contributed by atoms with E-state index in [1.54, 1.807) is 4.57 Å². The third-order valence-electron chi connectivity index (χ3n) is 9.02. The van der Waals surface area contributed by atoms with E-state index >= 15 is 0 Å². The number of rotatable bonds is 11. The van der Waals surface area contributed by atoms with Gasteiger partial charge in [0.15, 0.2) is 0 Å². The summed E-state index contributed by atoms with van der Waals surface area (Å²) < 4.78 is 9.61. The average molecular weight is 603 g/mol. The fourth-order valence-electron chi connectivity index (χ4n) is 6.74. The maximum Gasteiger partial charge on any atom is 0.333 e. The third kappa shape index (κ3) is 6.45. The Morgan fingerprint density at radius 3 is 2.38 bits per heavy atom. The number of benzene rings is 4. The van der Waals surface area contributed by atoms with Crippen molar-refractivity contribution in [2.45, 2.75) is 58.7 Å². The molecule has 0 saturated carbocycles. The van der Waals surface area contributed by atoms with Crippen LogP contribution in [0.25, 0.3) is 27.5 Å². The van der Waals surface area contributed by atoms with Crippen LogP contribution in [0.5, 0.6) is 5.75 Å². The molecule has 232 valence electrons. The van der Waals surface area contributed by atoms with Gasteiger partial charge in [-0.1, -0.05) is 68.1 Å². The number of piperidine rings is 1. The molecule has 2 heterocycles. The summed E-state index contributed by atoms with van der Waals surface area (Å²) in [5.41, 5.74) is 4.37. The van der Waals surface area contributed by atoms with Gasteiger partial charge in [-0.3, -0.25) is 13.9 Å². The smallest absolute Gasteiger partial charge is 0.333 e. The molecule has 7 heteroatoms. The Labute approximate surface area is 264 Å². The van der Waals surface area contributed by atoms with Crippen molar-refractivity contribution in [3.8, 4) is 5.75 Å². The number of nitrogens with zero attached hydrogens (tertiary/aromatic N) is 3. The lowest BCUT2D eigenvalue weighted by Crippen LogP contribution is -2.48. The van der Waals surface area contributed by atoms with E-state index in [0.717, 1.165) is 64.7 Å². The topological polar surface area (TPSA) is 68.5 Å². The quantitative estimate of drug-likeness (QED) is 0.173. The van der Waals surface area contributed by atoms with Gasteiger partial charge in [-0.25, -0.2) is 4.79 Å². The third-order valence-corrected chi connectivity index (χ3v) is 9.02. The number of imidazole rings is 1. The highest BCUT2D eigenvalue weighted by atomic mass is 16.5. The lowest BCUT2D eigenvalue weighted by atomic mass is 9.86. The van der Waals surface area contributed by atoms with Crippen molar-refractivity contribution in [1.82, 2.24) is 14.5 Å². The number of carbonyl (C=O) groups is 1. The van der Waals surface area contributed by atoms with Gasteiger partial charge in [0.05, 0.1) is 11.0 Å². The molecular formula is C38H42N4O3. The van der Waals surface area contributed by atoms with Crippen LogP contribution < -0.4 is 20.6 Å². The molecule has 6 rings (SSSR count). The number of para-hydroxylation sites is 2. The number of aromatic nitrogens is 2. The first-order valence-corrected chi connectivity index (χ1v) is 16.0. The summed E-state index contributed by atoms with van der Waals surface area (Å²) in [4.78, 5) is 29.4. The maximum absolute atomic E-state index is 13.8. The number of hydrogen-bond donors (Lipinski definition) is 1. The predicted molar refractivity (Wildman–Crippen MR) is 184 cm³/mol. The predicted octanol–water partition coefficient (Wildman–Crippen LogP) is 7.23. The van der Waals surface area contributed by atoms with Crippen LogP contribution in [-0.4, -0.2) is 34.2 Å². The van der Waals surface area contributed by atoms with E-state index in [2.05, 4.69) is 54.4 Å². The van der Waals surface area contributed by atoms with Crippen LogP contribution in [0.15, 0.2) is 102 Å². The Balaban J connectivity index is 1.32. The van der Waals surface area contributed by atoms with Crippen molar-refractivity contribution in [1.29, 1.82) is 0 Å². The van der Waals surface area contributed by atoms with Gasteiger partial charge >= 0.3 is 5.69 Å². The molecule has 0 aliphatic carbocycles. The normalized spacial score (nSPS) is 14.4. The molecule has 4 aromatic carbocycles. The van der Waals surface area contributed by atoms with Gasteiger partial charge in [-0.2, -0.15) is 0 Å². The summed E-state index contributed by atoms with van der Waals surface area (Å²) in [6, 6.07) is 30.3. The first-order chi connectivity index (χ1) is 21.9. The molecule has 5 aromatic rings. The van der Waals surface area contributed by atoms with Crippen molar-refractivity contribution >= 4 is 39.1 Å². The lowest BCUT2D eigenvalue weighted by molar-refractivity contribution is -0.119. The van der Waals surface area contributed by atoms with Crippen molar-refractivity contribution in [3.63, 3.8) is 0 Å².